The molecule has 0 saturated heterocycles. The van der Waals surface area contributed by atoms with E-state index in [-0.39, 0.29) is 0 Å². The molecule has 0 aliphatic carbocycles. The zero-order valence-corrected chi connectivity index (χ0v) is 9.65. The van der Waals surface area contributed by atoms with Crippen molar-refractivity contribution in [1.29, 1.82) is 5.26 Å². The summed E-state index contributed by atoms with van der Waals surface area (Å²) >= 11 is 0. The Hall–Kier alpha value is -2.41. The number of fused-ring (bicyclic) bond motifs is 1. The van der Waals surface area contributed by atoms with Gasteiger partial charge in [0.25, 0.3) is 0 Å². The summed E-state index contributed by atoms with van der Waals surface area (Å²) in [5.41, 5.74) is 6.69. The maximum Gasteiger partial charge on any atom is 0.161 e. The highest BCUT2D eigenvalue weighted by molar-refractivity contribution is 5.94. The van der Waals surface area contributed by atoms with Crippen LogP contribution < -0.4 is 15.2 Å². The van der Waals surface area contributed by atoms with E-state index in [1.165, 1.54) is 0 Å². The smallest absolute Gasteiger partial charge is 0.161 e. The Morgan fingerprint density at radius 3 is 2.35 bits per heavy atom. The lowest BCUT2D eigenvalue weighted by Crippen LogP contribution is -1.94. The van der Waals surface area contributed by atoms with Gasteiger partial charge in [-0.05, 0) is 23.6 Å². The summed E-state index contributed by atoms with van der Waals surface area (Å²) < 4.78 is 10.4. The lowest BCUT2D eigenvalue weighted by Gasteiger charge is -2.10. The monoisotopic (exact) mass is 228 g/mol. The van der Waals surface area contributed by atoms with Crippen LogP contribution in [0.4, 0.5) is 5.69 Å². The number of benzene rings is 2. The average molecular weight is 228 g/mol. The van der Waals surface area contributed by atoms with Crippen LogP contribution in [0.15, 0.2) is 24.3 Å². The lowest BCUT2D eigenvalue weighted by molar-refractivity contribution is 0.356. The Kier molecular flexibility index (Phi) is 2.75. The molecule has 2 aromatic carbocycles. The minimum atomic E-state index is 0.462. The third-order valence-electron chi connectivity index (χ3n) is 2.67. The largest absolute Gasteiger partial charge is 0.493 e. The van der Waals surface area contributed by atoms with Crippen LogP contribution in [0.2, 0.25) is 0 Å². The Labute approximate surface area is 99.2 Å². The van der Waals surface area contributed by atoms with Gasteiger partial charge in [-0.2, -0.15) is 5.26 Å². The fourth-order valence-electron chi connectivity index (χ4n) is 1.79. The predicted octanol–water partition coefficient (Wildman–Crippen LogP) is 2.31. The van der Waals surface area contributed by atoms with Crippen molar-refractivity contribution >= 4 is 16.5 Å². The van der Waals surface area contributed by atoms with Gasteiger partial charge in [0.1, 0.15) is 6.07 Å². The summed E-state index contributed by atoms with van der Waals surface area (Å²) in [6.07, 6.45) is 0. The summed E-state index contributed by atoms with van der Waals surface area (Å²) in [5, 5.41) is 10.8. The van der Waals surface area contributed by atoms with E-state index in [4.69, 9.17) is 20.5 Å². The molecule has 0 radical (unpaired) electrons. The highest BCUT2D eigenvalue weighted by atomic mass is 16.5. The predicted molar refractivity (Wildman–Crippen MR) is 66.2 cm³/mol. The van der Waals surface area contributed by atoms with Gasteiger partial charge in [-0.15, -0.1) is 0 Å². The third kappa shape index (κ3) is 1.72. The van der Waals surface area contributed by atoms with Crippen molar-refractivity contribution in [2.45, 2.75) is 0 Å². The normalized spacial score (nSPS) is 9.94. The first-order chi connectivity index (χ1) is 8.21. The number of rotatable bonds is 2. The van der Waals surface area contributed by atoms with Gasteiger partial charge < -0.3 is 15.2 Å². The third-order valence-corrected chi connectivity index (χ3v) is 2.67. The highest BCUT2D eigenvalue weighted by Crippen LogP contribution is 2.34. The van der Waals surface area contributed by atoms with Gasteiger partial charge in [0.05, 0.1) is 25.5 Å². The van der Waals surface area contributed by atoms with E-state index in [1.807, 2.05) is 12.1 Å². The zero-order chi connectivity index (χ0) is 12.4. The number of nitrogens with zero attached hydrogens (tertiary/aromatic N) is 1. The topological polar surface area (TPSA) is 68.3 Å². The van der Waals surface area contributed by atoms with Crippen molar-refractivity contribution in [2.24, 2.45) is 0 Å². The molecule has 0 heterocycles. The molecule has 0 unspecified atom stereocenters. The van der Waals surface area contributed by atoms with Gasteiger partial charge in [-0.25, -0.2) is 0 Å². The Morgan fingerprint density at radius 2 is 1.76 bits per heavy atom. The number of anilines is 1. The van der Waals surface area contributed by atoms with Gasteiger partial charge in [-0.1, -0.05) is 6.07 Å². The minimum absolute atomic E-state index is 0.462. The standard InChI is InChI=1S/C13H12N2O2/c1-16-12-5-8-3-4-11(15)10(7-14)9(8)6-13(12)17-2/h3-6H,15H2,1-2H3. The number of ether oxygens (including phenoxy) is 2. The number of hydrogen-bond acceptors (Lipinski definition) is 4. The van der Waals surface area contributed by atoms with Crippen LogP contribution in [0.5, 0.6) is 11.5 Å². The zero-order valence-electron chi connectivity index (χ0n) is 9.65. The maximum atomic E-state index is 9.10. The molecule has 0 saturated carbocycles. The molecule has 4 heteroatoms. The number of hydrogen-bond donors (Lipinski definition) is 1. The molecule has 2 N–H and O–H groups in total. The van der Waals surface area contributed by atoms with Crippen molar-refractivity contribution < 1.29 is 9.47 Å². The molecule has 86 valence electrons. The summed E-state index contributed by atoms with van der Waals surface area (Å²) in [6, 6.07) is 9.27. The van der Waals surface area contributed by atoms with Crippen LogP contribution in [0.25, 0.3) is 10.8 Å². The van der Waals surface area contributed by atoms with Crippen LogP contribution in [0, 0.1) is 11.3 Å². The van der Waals surface area contributed by atoms with Gasteiger partial charge >= 0.3 is 0 Å². The van der Waals surface area contributed by atoms with Crippen LogP contribution in [0.1, 0.15) is 5.56 Å². The molecule has 0 spiro atoms. The van der Waals surface area contributed by atoms with Crippen LogP contribution in [-0.2, 0) is 0 Å². The summed E-state index contributed by atoms with van der Waals surface area (Å²) in [6.45, 7) is 0. The molecule has 0 bridgehead atoms. The Morgan fingerprint density at radius 1 is 1.12 bits per heavy atom. The molecule has 0 aliphatic heterocycles. The number of methoxy groups -OCH3 is 2. The van der Waals surface area contributed by atoms with E-state index in [0.29, 0.717) is 22.7 Å². The summed E-state index contributed by atoms with van der Waals surface area (Å²) in [4.78, 5) is 0. The maximum absolute atomic E-state index is 9.10. The highest BCUT2D eigenvalue weighted by Gasteiger charge is 2.10. The fourth-order valence-corrected chi connectivity index (χ4v) is 1.79. The van der Waals surface area contributed by atoms with Crippen molar-refractivity contribution in [2.75, 3.05) is 20.0 Å². The second-order valence-electron chi connectivity index (χ2n) is 3.57. The number of nitrogens with two attached hydrogens (primary N) is 1. The molecule has 0 aromatic heterocycles. The van der Waals surface area contributed by atoms with Crippen molar-refractivity contribution in [3.05, 3.63) is 29.8 Å². The molecule has 0 amide bonds. The summed E-state index contributed by atoms with van der Waals surface area (Å²) in [7, 11) is 3.13. The van der Waals surface area contributed by atoms with E-state index in [0.717, 1.165) is 10.8 Å². The molecular weight excluding hydrogens is 216 g/mol. The molecule has 0 aliphatic rings. The quantitative estimate of drug-likeness (QED) is 0.801. The van der Waals surface area contributed by atoms with E-state index >= 15 is 0 Å². The number of nitriles is 1. The van der Waals surface area contributed by atoms with E-state index in [1.54, 1.807) is 26.4 Å². The molecule has 2 rings (SSSR count). The first-order valence-corrected chi connectivity index (χ1v) is 5.05. The van der Waals surface area contributed by atoms with E-state index in [2.05, 4.69) is 6.07 Å². The molecule has 0 atom stereocenters. The van der Waals surface area contributed by atoms with Crippen molar-refractivity contribution in [1.82, 2.24) is 0 Å². The van der Waals surface area contributed by atoms with Gasteiger partial charge in [0.15, 0.2) is 11.5 Å². The molecular formula is C13H12N2O2. The number of nitrogen functional groups attached to an aromatic ring is 1. The molecule has 4 nitrogen and oxygen atoms in total. The van der Waals surface area contributed by atoms with Crippen LogP contribution >= 0.6 is 0 Å². The van der Waals surface area contributed by atoms with Crippen LogP contribution in [-0.4, -0.2) is 14.2 Å². The van der Waals surface area contributed by atoms with Crippen LogP contribution in [0.3, 0.4) is 0 Å². The molecule has 17 heavy (non-hydrogen) atoms. The Balaban J connectivity index is 2.84. The lowest BCUT2D eigenvalue weighted by atomic mass is 10.0. The van der Waals surface area contributed by atoms with E-state index < -0.39 is 0 Å². The summed E-state index contributed by atoms with van der Waals surface area (Å²) in [5.74, 6) is 1.22. The van der Waals surface area contributed by atoms with Crippen molar-refractivity contribution in [3.8, 4) is 17.6 Å². The fraction of sp³-hybridized carbons (Fsp3) is 0.154. The van der Waals surface area contributed by atoms with Gasteiger partial charge in [0, 0.05) is 5.39 Å². The first kappa shape index (κ1) is 11.1. The average Bonchev–Trinajstić information content (AvgIpc) is 2.37. The molecule has 2 aromatic rings. The second kappa shape index (κ2) is 4.22. The van der Waals surface area contributed by atoms with E-state index in [9.17, 15) is 0 Å². The minimum Gasteiger partial charge on any atom is -0.493 e. The second-order valence-corrected chi connectivity index (χ2v) is 3.57. The SMILES string of the molecule is COc1cc2ccc(N)c(C#N)c2cc1OC. The van der Waals surface area contributed by atoms with Gasteiger partial charge in [0.2, 0.25) is 0 Å². The van der Waals surface area contributed by atoms with Crippen molar-refractivity contribution in [3.63, 3.8) is 0 Å². The molecule has 0 fully saturated rings. The first-order valence-electron chi connectivity index (χ1n) is 5.05. The van der Waals surface area contributed by atoms with Gasteiger partial charge in [-0.3, -0.25) is 0 Å². The Bertz CT molecular complexity index is 615.